The minimum Gasteiger partial charge on any atom is -0.339 e. The zero-order valence-electron chi connectivity index (χ0n) is 16.6. The number of carbonyl (C=O) groups is 1. The lowest BCUT2D eigenvalue weighted by Crippen LogP contribution is -2.50. The van der Waals surface area contributed by atoms with E-state index in [2.05, 4.69) is 15.1 Å². The Morgan fingerprint density at radius 3 is 2.50 bits per heavy atom. The molecule has 158 valence electrons. The topological polar surface area (TPSA) is 66.6 Å². The maximum Gasteiger partial charge on any atom is 0.416 e. The summed E-state index contributed by atoms with van der Waals surface area (Å²) in [6.45, 7) is 6.04. The van der Waals surface area contributed by atoms with Gasteiger partial charge in [0.05, 0.1) is 11.3 Å². The monoisotopic (exact) mass is 418 g/mol. The van der Waals surface area contributed by atoms with Gasteiger partial charge in [-0.2, -0.15) is 22.7 Å². The number of nitrogens with zero attached hydrogens (tertiary/aromatic N) is 6. The van der Waals surface area contributed by atoms with E-state index < -0.39 is 11.7 Å². The minimum absolute atomic E-state index is 0.0518. The molecule has 1 saturated heterocycles. The molecule has 3 aromatic rings. The van der Waals surface area contributed by atoms with Gasteiger partial charge in [-0.05, 0) is 18.2 Å². The Kier molecular flexibility index (Phi) is 5.08. The zero-order valence-corrected chi connectivity index (χ0v) is 16.6. The molecule has 0 atom stereocenters. The van der Waals surface area contributed by atoms with Gasteiger partial charge in [-0.25, -0.2) is 4.98 Å². The SMILES string of the molecule is CC(C)C(=O)N1CCN(c2nc3nccc(-c4cccc(C(F)(F)F)c4)n3n2)CC1. The summed E-state index contributed by atoms with van der Waals surface area (Å²) in [5.74, 6) is 0.814. The Morgan fingerprint density at radius 2 is 1.83 bits per heavy atom. The van der Waals surface area contributed by atoms with E-state index in [1.165, 1.54) is 16.8 Å². The number of piperazine rings is 1. The van der Waals surface area contributed by atoms with Gasteiger partial charge in [0, 0.05) is 43.9 Å². The summed E-state index contributed by atoms with van der Waals surface area (Å²) in [6.07, 6.45) is -2.93. The average molecular weight is 418 g/mol. The molecule has 1 fully saturated rings. The quantitative estimate of drug-likeness (QED) is 0.654. The first-order valence-corrected chi connectivity index (χ1v) is 9.67. The van der Waals surface area contributed by atoms with Crippen molar-refractivity contribution in [3.8, 4) is 11.3 Å². The molecular formula is C20H21F3N6O. The Balaban J connectivity index is 1.62. The summed E-state index contributed by atoms with van der Waals surface area (Å²) in [7, 11) is 0. The second-order valence-electron chi connectivity index (χ2n) is 7.50. The molecule has 30 heavy (non-hydrogen) atoms. The Bertz CT molecular complexity index is 1070. The molecule has 0 unspecified atom stereocenters. The van der Waals surface area contributed by atoms with Crippen LogP contribution in [0.3, 0.4) is 0 Å². The standard InChI is InChI=1S/C20H21F3N6O/c1-13(2)17(30)27-8-10-28(11-9-27)19-25-18-24-7-6-16(29(18)26-19)14-4-3-5-15(12-14)20(21,22)23/h3-7,12-13H,8-11H2,1-2H3. The molecule has 1 amide bonds. The van der Waals surface area contributed by atoms with Crippen LogP contribution < -0.4 is 4.90 Å². The van der Waals surface area contributed by atoms with Gasteiger partial charge in [0.2, 0.25) is 11.9 Å². The second-order valence-corrected chi connectivity index (χ2v) is 7.50. The minimum atomic E-state index is -4.43. The van der Waals surface area contributed by atoms with Crippen molar-refractivity contribution in [2.45, 2.75) is 20.0 Å². The van der Waals surface area contributed by atoms with E-state index in [1.807, 2.05) is 23.6 Å². The maximum absolute atomic E-state index is 13.1. The highest BCUT2D eigenvalue weighted by Gasteiger charge is 2.31. The smallest absolute Gasteiger partial charge is 0.339 e. The fraction of sp³-hybridized carbons (Fsp3) is 0.400. The van der Waals surface area contributed by atoms with Crippen LogP contribution in [0, 0.1) is 5.92 Å². The number of alkyl halides is 3. The predicted molar refractivity (Wildman–Crippen MR) is 105 cm³/mol. The van der Waals surface area contributed by atoms with Crippen LogP contribution in [-0.2, 0) is 11.0 Å². The third-order valence-corrected chi connectivity index (χ3v) is 5.08. The van der Waals surface area contributed by atoms with Crippen LogP contribution in [-0.4, -0.2) is 56.6 Å². The van der Waals surface area contributed by atoms with Crippen LogP contribution >= 0.6 is 0 Å². The normalized spacial score (nSPS) is 15.3. The molecule has 4 rings (SSSR count). The third kappa shape index (κ3) is 3.81. The van der Waals surface area contributed by atoms with Crippen LogP contribution in [0.15, 0.2) is 36.5 Å². The van der Waals surface area contributed by atoms with E-state index in [4.69, 9.17) is 0 Å². The highest BCUT2D eigenvalue weighted by Crippen LogP contribution is 2.32. The highest BCUT2D eigenvalue weighted by atomic mass is 19.4. The molecule has 2 aromatic heterocycles. The summed E-state index contributed by atoms with van der Waals surface area (Å²) < 4.78 is 40.8. The van der Waals surface area contributed by atoms with Gasteiger partial charge in [0.15, 0.2) is 0 Å². The van der Waals surface area contributed by atoms with Crippen molar-refractivity contribution >= 4 is 17.6 Å². The summed E-state index contributed by atoms with van der Waals surface area (Å²) in [6, 6.07) is 6.70. The van der Waals surface area contributed by atoms with E-state index in [0.717, 1.165) is 12.1 Å². The van der Waals surface area contributed by atoms with Crippen LogP contribution in [0.4, 0.5) is 19.1 Å². The molecule has 0 saturated carbocycles. The molecule has 1 aliphatic heterocycles. The molecule has 0 radical (unpaired) electrons. The molecule has 0 bridgehead atoms. The molecular weight excluding hydrogens is 397 g/mol. The molecule has 1 aromatic carbocycles. The molecule has 0 N–H and O–H groups in total. The highest BCUT2D eigenvalue weighted by molar-refractivity contribution is 5.78. The zero-order chi connectivity index (χ0) is 21.5. The van der Waals surface area contributed by atoms with E-state index >= 15 is 0 Å². The molecule has 3 heterocycles. The number of hydrogen-bond donors (Lipinski definition) is 0. The van der Waals surface area contributed by atoms with Gasteiger partial charge in [0.1, 0.15) is 0 Å². The summed E-state index contributed by atoms with van der Waals surface area (Å²) in [4.78, 5) is 24.6. The Hall–Kier alpha value is -3.17. The van der Waals surface area contributed by atoms with E-state index in [-0.39, 0.29) is 11.8 Å². The van der Waals surface area contributed by atoms with Crippen molar-refractivity contribution in [2.24, 2.45) is 5.92 Å². The Morgan fingerprint density at radius 1 is 1.10 bits per heavy atom. The van der Waals surface area contributed by atoms with Gasteiger partial charge in [-0.15, -0.1) is 5.10 Å². The largest absolute Gasteiger partial charge is 0.416 e. The van der Waals surface area contributed by atoms with Crippen molar-refractivity contribution in [1.82, 2.24) is 24.5 Å². The van der Waals surface area contributed by atoms with Crippen LogP contribution in [0.1, 0.15) is 19.4 Å². The lowest BCUT2D eigenvalue weighted by Gasteiger charge is -2.34. The first-order valence-electron chi connectivity index (χ1n) is 9.67. The van der Waals surface area contributed by atoms with Gasteiger partial charge >= 0.3 is 6.18 Å². The number of rotatable bonds is 3. The first-order chi connectivity index (χ1) is 14.2. The molecule has 0 spiro atoms. The fourth-order valence-electron chi connectivity index (χ4n) is 3.48. The summed E-state index contributed by atoms with van der Waals surface area (Å²) >= 11 is 0. The van der Waals surface area contributed by atoms with Crippen molar-refractivity contribution in [3.05, 3.63) is 42.1 Å². The third-order valence-electron chi connectivity index (χ3n) is 5.08. The molecule has 10 heteroatoms. The van der Waals surface area contributed by atoms with Crippen molar-refractivity contribution in [1.29, 1.82) is 0 Å². The van der Waals surface area contributed by atoms with Gasteiger partial charge in [0.25, 0.3) is 5.78 Å². The summed E-state index contributed by atoms with van der Waals surface area (Å²) in [5, 5.41) is 4.49. The average Bonchev–Trinajstić information content (AvgIpc) is 3.17. The maximum atomic E-state index is 13.1. The van der Waals surface area contributed by atoms with Crippen LogP contribution in [0.5, 0.6) is 0 Å². The second kappa shape index (κ2) is 7.58. The number of amides is 1. The lowest BCUT2D eigenvalue weighted by atomic mass is 10.1. The van der Waals surface area contributed by atoms with Crippen molar-refractivity contribution in [3.63, 3.8) is 0 Å². The first kappa shape index (κ1) is 20.1. The lowest BCUT2D eigenvalue weighted by molar-refractivity contribution is -0.137. The van der Waals surface area contributed by atoms with E-state index in [9.17, 15) is 18.0 Å². The van der Waals surface area contributed by atoms with Crippen molar-refractivity contribution in [2.75, 3.05) is 31.1 Å². The number of anilines is 1. The molecule has 0 aliphatic carbocycles. The molecule has 1 aliphatic rings. The van der Waals surface area contributed by atoms with Crippen molar-refractivity contribution < 1.29 is 18.0 Å². The predicted octanol–water partition coefficient (Wildman–Crippen LogP) is 3.11. The van der Waals surface area contributed by atoms with E-state index in [1.54, 1.807) is 12.1 Å². The van der Waals surface area contributed by atoms with Gasteiger partial charge in [-0.3, -0.25) is 4.79 Å². The summed E-state index contributed by atoms with van der Waals surface area (Å²) in [5.41, 5.74) is 0.121. The number of carbonyl (C=O) groups excluding carboxylic acids is 1. The number of halogens is 3. The number of aromatic nitrogens is 4. The molecule has 7 nitrogen and oxygen atoms in total. The van der Waals surface area contributed by atoms with E-state index in [0.29, 0.717) is 49.2 Å². The fourth-order valence-corrected chi connectivity index (χ4v) is 3.48. The Labute approximate surface area is 171 Å². The number of hydrogen-bond acceptors (Lipinski definition) is 5. The van der Waals surface area contributed by atoms with Gasteiger partial charge < -0.3 is 9.80 Å². The van der Waals surface area contributed by atoms with Crippen LogP contribution in [0.25, 0.3) is 17.0 Å². The number of benzene rings is 1. The van der Waals surface area contributed by atoms with Crippen LogP contribution in [0.2, 0.25) is 0 Å². The van der Waals surface area contributed by atoms with Gasteiger partial charge in [-0.1, -0.05) is 26.0 Å². The number of fused-ring (bicyclic) bond motifs is 1.